The predicted octanol–water partition coefficient (Wildman–Crippen LogP) is 2.76. The van der Waals surface area contributed by atoms with Crippen molar-refractivity contribution in [1.82, 2.24) is 4.98 Å². The first-order chi connectivity index (χ1) is 7.84. The van der Waals surface area contributed by atoms with Gasteiger partial charge in [0.2, 0.25) is 0 Å². The molecule has 1 aromatic carbocycles. The van der Waals surface area contributed by atoms with Crippen molar-refractivity contribution in [3.63, 3.8) is 0 Å². The van der Waals surface area contributed by atoms with Crippen molar-refractivity contribution in [2.24, 2.45) is 0 Å². The maximum atomic E-state index is 11.3. The van der Waals surface area contributed by atoms with Crippen molar-refractivity contribution in [3.8, 4) is 5.19 Å². The zero-order chi connectivity index (χ0) is 11.2. The van der Waals surface area contributed by atoms with Crippen LogP contribution in [0.25, 0.3) is 6.08 Å². The van der Waals surface area contributed by atoms with Gasteiger partial charge in [0.1, 0.15) is 0 Å². The quantitative estimate of drug-likeness (QED) is 0.602. The van der Waals surface area contributed by atoms with E-state index in [0.717, 1.165) is 5.56 Å². The fourth-order valence-electron chi connectivity index (χ4n) is 1.11. The van der Waals surface area contributed by atoms with Gasteiger partial charge in [-0.1, -0.05) is 41.7 Å². The molecule has 0 radical (unpaired) electrons. The van der Waals surface area contributed by atoms with Gasteiger partial charge in [0.25, 0.3) is 5.19 Å². The highest BCUT2D eigenvalue weighted by Gasteiger charge is 2.01. The molecule has 0 saturated carbocycles. The topological polar surface area (TPSA) is 39.2 Å². The predicted molar refractivity (Wildman–Crippen MR) is 63.2 cm³/mol. The smallest absolute Gasteiger partial charge is 0.338 e. The third kappa shape index (κ3) is 3.03. The summed E-state index contributed by atoms with van der Waals surface area (Å²) in [6.45, 7) is 0. The minimum Gasteiger partial charge on any atom is -0.395 e. The monoisotopic (exact) mass is 231 g/mol. The standard InChI is InChI=1S/C12H9NO2S/c14-11(15-12-13-8-9-16-12)7-6-10-4-2-1-3-5-10/h1-9H/b7-6+. The lowest BCUT2D eigenvalue weighted by molar-refractivity contribution is -0.128. The van der Waals surface area contributed by atoms with Crippen LogP contribution in [0, 0.1) is 0 Å². The SMILES string of the molecule is O=C(/C=C/c1ccccc1)Oc1nccs1. The lowest BCUT2D eigenvalue weighted by atomic mass is 10.2. The van der Waals surface area contributed by atoms with Gasteiger partial charge in [-0.3, -0.25) is 0 Å². The van der Waals surface area contributed by atoms with Gasteiger partial charge in [-0.15, -0.1) is 0 Å². The molecule has 0 fully saturated rings. The minimum absolute atomic E-state index is 0.364. The van der Waals surface area contributed by atoms with Gasteiger partial charge in [-0.25, -0.2) is 9.78 Å². The summed E-state index contributed by atoms with van der Waals surface area (Å²) >= 11 is 1.28. The van der Waals surface area contributed by atoms with Crippen molar-refractivity contribution in [2.45, 2.75) is 0 Å². The molecule has 1 aromatic heterocycles. The van der Waals surface area contributed by atoms with Crippen LogP contribution >= 0.6 is 11.3 Å². The largest absolute Gasteiger partial charge is 0.395 e. The zero-order valence-electron chi connectivity index (χ0n) is 8.37. The summed E-state index contributed by atoms with van der Waals surface area (Å²) in [5.41, 5.74) is 0.957. The van der Waals surface area contributed by atoms with Crippen LogP contribution in [0.15, 0.2) is 48.0 Å². The van der Waals surface area contributed by atoms with Crippen LogP contribution in [-0.2, 0) is 4.79 Å². The normalized spacial score (nSPS) is 10.5. The van der Waals surface area contributed by atoms with Crippen molar-refractivity contribution in [3.05, 3.63) is 53.5 Å². The number of nitrogens with zero attached hydrogens (tertiary/aromatic N) is 1. The van der Waals surface area contributed by atoms with E-state index in [2.05, 4.69) is 4.98 Å². The number of ether oxygens (including phenoxy) is 1. The Morgan fingerprint density at radius 1 is 1.31 bits per heavy atom. The Hall–Kier alpha value is -1.94. The molecule has 0 unspecified atom stereocenters. The fraction of sp³-hybridized carbons (Fsp3) is 0. The van der Waals surface area contributed by atoms with E-state index in [-0.39, 0.29) is 0 Å². The van der Waals surface area contributed by atoms with E-state index in [1.54, 1.807) is 17.7 Å². The van der Waals surface area contributed by atoms with E-state index in [9.17, 15) is 4.79 Å². The molecule has 0 atom stereocenters. The van der Waals surface area contributed by atoms with E-state index >= 15 is 0 Å². The molecule has 0 aliphatic rings. The number of hydrogen-bond donors (Lipinski definition) is 0. The van der Waals surface area contributed by atoms with Gasteiger partial charge in [0.15, 0.2) is 0 Å². The summed E-state index contributed by atoms with van der Waals surface area (Å²) in [6, 6.07) is 9.56. The van der Waals surface area contributed by atoms with Gasteiger partial charge in [0, 0.05) is 17.7 Å². The third-order valence-corrected chi connectivity index (χ3v) is 2.46. The molecule has 1 heterocycles. The maximum Gasteiger partial charge on any atom is 0.338 e. The molecular formula is C12H9NO2S. The second-order valence-electron chi connectivity index (χ2n) is 2.96. The molecule has 0 amide bonds. The molecule has 0 aliphatic heterocycles. The highest BCUT2D eigenvalue weighted by Crippen LogP contribution is 2.13. The maximum absolute atomic E-state index is 11.3. The third-order valence-electron chi connectivity index (χ3n) is 1.81. The van der Waals surface area contributed by atoms with Gasteiger partial charge in [0.05, 0.1) is 0 Å². The van der Waals surface area contributed by atoms with Gasteiger partial charge in [-0.2, -0.15) is 0 Å². The first-order valence-corrected chi connectivity index (χ1v) is 5.57. The van der Waals surface area contributed by atoms with Crippen LogP contribution < -0.4 is 4.74 Å². The van der Waals surface area contributed by atoms with Crippen LogP contribution in [0.5, 0.6) is 5.19 Å². The number of thiazole rings is 1. The van der Waals surface area contributed by atoms with Crippen LogP contribution in [-0.4, -0.2) is 11.0 Å². The number of esters is 1. The van der Waals surface area contributed by atoms with E-state index < -0.39 is 5.97 Å². The van der Waals surface area contributed by atoms with Crippen LogP contribution in [0.2, 0.25) is 0 Å². The first kappa shape index (κ1) is 10.6. The number of carbonyl (C=O) groups is 1. The van der Waals surface area contributed by atoms with Crippen LogP contribution in [0.3, 0.4) is 0 Å². The summed E-state index contributed by atoms with van der Waals surface area (Å²) in [6.07, 6.45) is 4.68. The zero-order valence-corrected chi connectivity index (χ0v) is 9.18. The molecule has 80 valence electrons. The summed E-state index contributed by atoms with van der Waals surface area (Å²) in [4.78, 5) is 15.2. The van der Waals surface area contributed by atoms with E-state index in [4.69, 9.17) is 4.74 Å². The Labute approximate surface area is 97.0 Å². The van der Waals surface area contributed by atoms with Gasteiger partial charge < -0.3 is 4.74 Å². The average molecular weight is 231 g/mol. The Morgan fingerprint density at radius 3 is 2.81 bits per heavy atom. The molecule has 0 N–H and O–H groups in total. The van der Waals surface area contributed by atoms with Crippen molar-refractivity contribution < 1.29 is 9.53 Å². The molecule has 3 nitrogen and oxygen atoms in total. The summed E-state index contributed by atoms with van der Waals surface area (Å²) in [5, 5.41) is 2.12. The number of carbonyl (C=O) groups excluding carboxylic acids is 1. The van der Waals surface area contributed by atoms with Crippen LogP contribution in [0.4, 0.5) is 0 Å². The molecule has 0 bridgehead atoms. The van der Waals surface area contributed by atoms with E-state index in [1.807, 2.05) is 30.3 Å². The molecule has 2 rings (SSSR count). The Kier molecular flexibility index (Phi) is 3.46. The van der Waals surface area contributed by atoms with E-state index in [0.29, 0.717) is 5.19 Å². The minimum atomic E-state index is -0.418. The van der Waals surface area contributed by atoms with Gasteiger partial charge >= 0.3 is 5.97 Å². The number of benzene rings is 1. The molecule has 0 spiro atoms. The summed E-state index contributed by atoms with van der Waals surface area (Å²) < 4.78 is 4.96. The Bertz CT molecular complexity index is 477. The van der Waals surface area contributed by atoms with Gasteiger partial charge in [-0.05, 0) is 11.6 Å². The van der Waals surface area contributed by atoms with Crippen molar-refractivity contribution >= 4 is 23.4 Å². The molecule has 2 aromatic rings. The Balaban J connectivity index is 1.95. The summed E-state index contributed by atoms with van der Waals surface area (Å²) in [7, 11) is 0. The number of aromatic nitrogens is 1. The second-order valence-corrected chi connectivity index (χ2v) is 3.82. The van der Waals surface area contributed by atoms with Crippen LogP contribution in [0.1, 0.15) is 5.56 Å². The first-order valence-electron chi connectivity index (χ1n) is 4.69. The highest BCUT2D eigenvalue weighted by molar-refractivity contribution is 7.11. The lowest BCUT2D eigenvalue weighted by Crippen LogP contribution is -2.02. The molecule has 0 aliphatic carbocycles. The molecule has 4 heteroatoms. The van der Waals surface area contributed by atoms with Crippen molar-refractivity contribution in [1.29, 1.82) is 0 Å². The number of rotatable bonds is 3. The fourth-order valence-corrected chi connectivity index (χ4v) is 1.60. The molecule has 16 heavy (non-hydrogen) atoms. The average Bonchev–Trinajstić information content (AvgIpc) is 2.81. The molecule has 0 saturated heterocycles. The molecular weight excluding hydrogens is 222 g/mol. The number of hydrogen-bond acceptors (Lipinski definition) is 4. The summed E-state index contributed by atoms with van der Waals surface area (Å²) in [5.74, 6) is -0.418. The highest BCUT2D eigenvalue weighted by atomic mass is 32.1. The Morgan fingerprint density at radius 2 is 2.12 bits per heavy atom. The van der Waals surface area contributed by atoms with E-state index in [1.165, 1.54) is 17.4 Å². The second kappa shape index (κ2) is 5.23. The van der Waals surface area contributed by atoms with Crippen molar-refractivity contribution in [2.75, 3.05) is 0 Å². The lowest BCUT2D eigenvalue weighted by Gasteiger charge is -1.94.